The zero-order valence-corrected chi connectivity index (χ0v) is 6.54. The second-order valence-corrected chi connectivity index (χ2v) is 2.65. The largest absolute Gasteiger partial charge is 0.303 e. The maximum Gasteiger partial charge on any atom is 0.123 e. The lowest BCUT2D eigenvalue weighted by molar-refractivity contribution is -0.113. The summed E-state index contributed by atoms with van der Waals surface area (Å²) in [6.07, 6.45) is 3.36. The van der Waals surface area contributed by atoms with E-state index in [9.17, 15) is 9.59 Å². The molecule has 0 saturated heterocycles. The van der Waals surface area contributed by atoms with Gasteiger partial charge in [-0.2, -0.15) is 0 Å². The molecule has 2 unspecified atom stereocenters. The van der Waals surface area contributed by atoms with Gasteiger partial charge in [-0.3, -0.25) is 0 Å². The van der Waals surface area contributed by atoms with E-state index >= 15 is 0 Å². The van der Waals surface area contributed by atoms with Gasteiger partial charge in [0.15, 0.2) is 0 Å². The number of hydrogen-bond donors (Lipinski definition) is 0. The van der Waals surface area contributed by atoms with Gasteiger partial charge in [0.25, 0.3) is 0 Å². The van der Waals surface area contributed by atoms with Gasteiger partial charge < -0.3 is 9.59 Å². The van der Waals surface area contributed by atoms with E-state index in [4.69, 9.17) is 0 Å². The summed E-state index contributed by atoms with van der Waals surface area (Å²) in [5.41, 5.74) is 0. The molecule has 0 aromatic rings. The van der Waals surface area contributed by atoms with Crippen molar-refractivity contribution in [3.63, 3.8) is 0 Å². The highest BCUT2D eigenvalue weighted by atomic mass is 16.1. The Balaban J connectivity index is 3.61. The maximum atomic E-state index is 10.3. The first-order chi connectivity index (χ1) is 4.74. The van der Waals surface area contributed by atoms with Crippen LogP contribution in [0.25, 0.3) is 0 Å². The Morgan fingerprint density at radius 1 is 1.30 bits per heavy atom. The average Bonchev–Trinajstić information content (AvgIpc) is 1.99. The number of aldehydes is 2. The Labute approximate surface area is 61.6 Å². The SMILES string of the molecule is CCC(C=O)CC(C)C=O. The van der Waals surface area contributed by atoms with Crippen LogP contribution in [0.2, 0.25) is 0 Å². The predicted octanol–water partition coefficient (Wildman–Crippen LogP) is 1.44. The van der Waals surface area contributed by atoms with Gasteiger partial charge in [-0.1, -0.05) is 13.8 Å². The minimum absolute atomic E-state index is 0.0233. The van der Waals surface area contributed by atoms with Crippen LogP contribution in [0.1, 0.15) is 26.7 Å². The number of carbonyl (C=O) groups excluding carboxylic acids is 2. The lowest BCUT2D eigenvalue weighted by Crippen LogP contribution is -2.07. The number of carbonyl (C=O) groups is 2. The molecular formula is C8H14O2. The first-order valence-electron chi connectivity index (χ1n) is 3.65. The molecule has 0 bridgehead atoms. The molecule has 0 saturated carbocycles. The van der Waals surface area contributed by atoms with E-state index in [1.165, 1.54) is 0 Å². The van der Waals surface area contributed by atoms with E-state index in [1.807, 2.05) is 13.8 Å². The van der Waals surface area contributed by atoms with Crippen molar-refractivity contribution in [2.75, 3.05) is 0 Å². The van der Waals surface area contributed by atoms with Crippen molar-refractivity contribution in [1.29, 1.82) is 0 Å². The van der Waals surface area contributed by atoms with Crippen molar-refractivity contribution in [3.05, 3.63) is 0 Å². The average molecular weight is 142 g/mol. The molecule has 0 spiro atoms. The Hall–Kier alpha value is -0.660. The monoisotopic (exact) mass is 142 g/mol. The van der Waals surface area contributed by atoms with Gasteiger partial charge in [0.2, 0.25) is 0 Å². The Morgan fingerprint density at radius 2 is 1.90 bits per heavy atom. The summed E-state index contributed by atoms with van der Waals surface area (Å²) in [7, 11) is 0. The smallest absolute Gasteiger partial charge is 0.123 e. The summed E-state index contributed by atoms with van der Waals surface area (Å²) in [6, 6.07) is 0. The van der Waals surface area contributed by atoms with Crippen molar-refractivity contribution in [2.24, 2.45) is 11.8 Å². The second-order valence-electron chi connectivity index (χ2n) is 2.65. The highest BCUT2D eigenvalue weighted by Crippen LogP contribution is 2.10. The zero-order valence-electron chi connectivity index (χ0n) is 6.54. The van der Waals surface area contributed by atoms with Gasteiger partial charge in [-0.05, 0) is 12.8 Å². The maximum absolute atomic E-state index is 10.3. The van der Waals surface area contributed by atoms with Crippen molar-refractivity contribution >= 4 is 12.6 Å². The molecule has 58 valence electrons. The fourth-order valence-electron chi connectivity index (χ4n) is 0.852. The van der Waals surface area contributed by atoms with Gasteiger partial charge in [0, 0.05) is 11.8 Å². The lowest BCUT2D eigenvalue weighted by atomic mass is 9.96. The van der Waals surface area contributed by atoms with Crippen LogP contribution in [-0.4, -0.2) is 12.6 Å². The molecule has 0 aromatic heterocycles. The third-order valence-electron chi connectivity index (χ3n) is 1.62. The molecule has 0 aliphatic heterocycles. The molecule has 2 nitrogen and oxygen atoms in total. The molecule has 0 radical (unpaired) electrons. The fraction of sp³-hybridized carbons (Fsp3) is 0.750. The molecule has 0 amide bonds. The highest BCUT2D eigenvalue weighted by molar-refractivity contribution is 5.57. The molecule has 0 fully saturated rings. The van der Waals surface area contributed by atoms with Crippen molar-refractivity contribution in [1.82, 2.24) is 0 Å². The first-order valence-corrected chi connectivity index (χ1v) is 3.65. The summed E-state index contributed by atoms with van der Waals surface area (Å²) >= 11 is 0. The molecule has 0 aliphatic rings. The predicted molar refractivity (Wildman–Crippen MR) is 39.7 cm³/mol. The van der Waals surface area contributed by atoms with Crippen LogP contribution in [-0.2, 0) is 9.59 Å². The van der Waals surface area contributed by atoms with E-state index in [-0.39, 0.29) is 11.8 Å². The van der Waals surface area contributed by atoms with Crippen LogP contribution in [0.4, 0.5) is 0 Å². The third-order valence-corrected chi connectivity index (χ3v) is 1.62. The van der Waals surface area contributed by atoms with Crippen LogP contribution < -0.4 is 0 Å². The van der Waals surface area contributed by atoms with E-state index in [0.717, 1.165) is 19.0 Å². The molecule has 0 heterocycles. The minimum atomic E-state index is 0.0233. The van der Waals surface area contributed by atoms with Crippen LogP contribution in [0.15, 0.2) is 0 Å². The Kier molecular flexibility index (Phi) is 4.81. The van der Waals surface area contributed by atoms with Crippen LogP contribution in [0, 0.1) is 11.8 Å². The molecule has 2 atom stereocenters. The fourth-order valence-corrected chi connectivity index (χ4v) is 0.852. The highest BCUT2D eigenvalue weighted by Gasteiger charge is 2.08. The van der Waals surface area contributed by atoms with Crippen LogP contribution >= 0.6 is 0 Å². The Morgan fingerprint density at radius 3 is 2.20 bits per heavy atom. The van der Waals surface area contributed by atoms with Crippen molar-refractivity contribution < 1.29 is 9.59 Å². The molecule has 0 rings (SSSR count). The number of hydrogen-bond acceptors (Lipinski definition) is 2. The Bertz CT molecular complexity index is 110. The molecule has 2 heteroatoms. The molecule has 0 aliphatic carbocycles. The van der Waals surface area contributed by atoms with Gasteiger partial charge in [0.05, 0.1) is 0 Å². The van der Waals surface area contributed by atoms with Gasteiger partial charge in [-0.25, -0.2) is 0 Å². The first kappa shape index (κ1) is 9.34. The quantitative estimate of drug-likeness (QED) is 0.544. The van der Waals surface area contributed by atoms with E-state index in [1.54, 1.807) is 0 Å². The normalized spacial score (nSPS) is 15.8. The molecule has 0 aromatic carbocycles. The molecular weight excluding hydrogens is 128 g/mol. The summed E-state index contributed by atoms with van der Waals surface area (Å²) < 4.78 is 0. The summed E-state index contributed by atoms with van der Waals surface area (Å²) in [4.78, 5) is 20.4. The zero-order chi connectivity index (χ0) is 7.98. The third kappa shape index (κ3) is 3.38. The van der Waals surface area contributed by atoms with Gasteiger partial charge in [-0.15, -0.1) is 0 Å². The summed E-state index contributed by atoms with van der Waals surface area (Å²) in [6.45, 7) is 3.79. The van der Waals surface area contributed by atoms with Gasteiger partial charge in [0.1, 0.15) is 12.6 Å². The topological polar surface area (TPSA) is 34.1 Å². The van der Waals surface area contributed by atoms with Gasteiger partial charge >= 0.3 is 0 Å². The van der Waals surface area contributed by atoms with E-state index < -0.39 is 0 Å². The van der Waals surface area contributed by atoms with Crippen LogP contribution in [0.5, 0.6) is 0 Å². The van der Waals surface area contributed by atoms with Crippen molar-refractivity contribution in [2.45, 2.75) is 26.7 Å². The van der Waals surface area contributed by atoms with Crippen molar-refractivity contribution in [3.8, 4) is 0 Å². The standard InChI is InChI=1S/C8H14O2/c1-3-8(6-10)4-7(2)5-9/h5-8H,3-4H2,1-2H3. The van der Waals surface area contributed by atoms with E-state index in [2.05, 4.69) is 0 Å². The summed E-state index contributed by atoms with van der Waals surface area (Å²) in [5, 5.41) is 0. The number of rotatable bonds is 5. The second kappa shape index (κ2) is 5.15. The minimum Gasteiger partial charge on any atom is -0.303 e. The molecule has 0 N–H and O–H groups in total. The lowest BCUT2D eigenvalue weighted by Gasteiger charge is -2.07. The van der Waals surface area contributed by atoms with E-state index in [0.29, 0.717) is 6.42 Å². The molecule has 10 heavy (non-hydrogen) atoms. The summed E-state index contributed by atoms with van der Waals surface area (Å²) in [5.74, 6) is 0.0929. The van der Waals surface area contributed by atoms with Crippen LogP contribution in [0.3, 0.4) is 0 Å².